The van der Waals surface area contributed by atoms with Crippen LogP contribution >= 0.6 is 11.3 Å². The summed E-state index contributed by atoms with van der Waals surface area (Å²) in [5.74, 6) is -0.585. The standard InChI is InChI=1S/C16H16N2O5S/c1-22-12-6-4-11(5-7-12)17-16(21)18-14(19)10-23-15(20)9-13-3-2-8-24-13/h2-8H,9-10H2,1H3,(H2,17,18,19,21). The Morgan fingerprint density at radius 2 is 1.88 bits per heavy atom. The second-order valence-electron chi connectivity index (χ2n) is 4.65. The number of urea groups is 1. The zero-order chi connectivity index (χ0) is 17.4. The molecule has 0 saturated heterocycles. The summed E-state index contributed by atoms with van der Waals surface area (Å²) in [6.07, 6.45) is 0.100. The van der Waals surface area contributed by atoms with E-state index in [0.717, 1.165) is 4.88 Å². The molecule has 0 saturated carbocycles. The van der Waals surface area contributed by atoms with Crippen molar-refractivity contribution < 1.29 is 23.9 Å². The van der Waals surface area contributed by atoms with Crippen LogP contribution in [0.25, 0.3) is 0 Å². The van der Waals surface area contributed by atoms with Gasteiger partial charge in [-0.25, -0.2) is 4.79 Å². The van der Waals surface area contributed by atoms with Crippen LogP contribution in [0.2, 0.25) is 0 Å². The number of esters is 1. The predicted molar refractivity (Wildman–Crippen MR) is 89.1 cm³/mol. The molecule has 2 N–H and O–H groups in total. The molecule has 8 heteroatoms. The van der Waals surface area contributed by atoms with Crippen LogP contribution in [0.15, 0.2) is 41.8 Å². The lowest BCUT2D eigenvalue weighted by atomic mass is 10.3. The number of thiophene rings is 1. The number of nitrogens with one attached hydrogen (secondary N) is 2. The summed E-state index contributed by atoms with van der Waals surface area (Å²) in [6, 6.07) is 9.51. The average molecular weight is 348 g/mol. The summed E-state index contributed by atoms with van der Waals surface area (Å²) in [6.45, 7) is -0.514. The molecule has 3 amide bonds. The monoisotopic (exact) mass is 348 g/mol. The maximum Gasteiger partial charge on any atom is 0.325 e. The number of anilines is 1. The van der Waals surface area contributed by atoms with Crippen molar-refractivity contribution in [3.63, 3.8) is 0 Å². The van der Waals surface area contributed by atoms with Gasteiger partial charge in [0.2, 0.25) is 0 Å². The predicted octanol–water partition coefficient (Wildman–Crippen LogP) is 2.19. The second-order valence-corrected chi connectivity index (χ2v) is 5.68. The van der Waals surface area contributed by atoms with E-state index < -0.39 is 24.5 Å². The number of rotatable bonds is 6. The van der Waals surface area contributed by atoms with E-state index in [1.807, 2.05) is 11.4 Å². The first-order valence-corrected chi connectivity index (χ1v) is 7.87. The van der Waals surface area contributed by atoms with Gasteiger partial charge in [-0.3, -0.25) is 14.9 Å². The van der Waals surface area contributed by atoms with Gasteiger partial charge in [-0.1, -0.05) is 6.07 Å². The third-order valence-corrected chi connectivity index (χ3v) is 3.74. The van der Waals surface area contributed by atoms with Gasteiger partial charge in [-0.15, -0.1) is 11.3 Å². The topological polar surface area (TPSA) is 93.7 Å². The van der Waals surface area contributed by atoms with Gasteiger partial charge in [-0.2, -0.15) is 0 Å². The Kier molecular flexibility index (Phi) is 6.32. The zero-order valence-electron chi connectivity index (χ0n) is 12.9. The van der Waals surface area contributed by atoms with E-state index in [4.69, 9.17) is 9.47 Å². The highest BCUT2D eigenvalue weighted by Crippen LogP contribution is 2.14. The Hall–Kier alpha value is -2.87. The Bertz CT molecular complexity index is 698. The smallest absolute Gasteiger partial charge is 0.325 e. The van der Waals surface area contributed by atoms with Crippen molar-refractivity contribution in [1.29, 1.82) is 0 Å². The molecule has 0 spiro atoms. The van der Waals surface area contributed by atoms with Crippen LogP contribution in [0.1, 0.15) is 4.88 Å². The van der Waals surface area contributed by atoms with Gasteiger partial charge in [0, 0.05) is 10.6 Å². The third-order valence-electron chi connectivity index (χ3n) is 2.86. The minimum Gasteiger partial charge on any atom is -0.497 e. The minimum absolute atomic E-state index is 0.100. The molecule has 0 aliphatic carbocycles. The van der Waals surface area contributed by atoms with Gasteiger partial charge in [0.1, 0.15) is 5.75 Å². The normalized spacial score (nSPS) is 9.88. The van der Waals surface area contributed by atoms with Crippen LogP contribution in [0.5, 0.6) is 5.75 Å². The van der Waals surface area contributed by atoms with Gasteiger partial charge in [0.15, 0.2) is 6.61 Å². The average Bonchev–Trinajstić information content (AvgIpc) is 3.06. The largest absolute Gasteiger partial charge is 0.497 e. The summed E-state index contributed by atoms with van der Waals surface area (Å²) in [7, 11) is 1.54. The molecular weight excluding hydrogens is 332 g/mol. The minimum atomic E-state index is -0.709. The van der Waals surface area contributed by atoms with E-state index in [9.17, 15) is 14.4 Å². The van der Waals surface area contributed by atoms with Gasteiger partial charge in [0.25, 0.3) is 5.91 Å². The highest BCUT2D eigenvalue weighted by atomic mass is 32.1. The van der Waals surface area contributed by atoms with Crippen molar-refractivity contribution in [2.45, 2.75) is 6.42 Å². The zero-order valence-corrected chi connectivity index (χ0v) is 13.7. The highest BCUT2D eigenvalue weighted by molar-refractivity contribution is 7.10. The molecule has 0 radical (unpaired) electrons. The summed E-state index contributed by atoms with van der Waals surface area (Å²) in [4.78, 5) is 35.6. The van der Waals surface area contributed by atoms with Crippen molar-refractivity contribution in [2.24, 2.45) is 0 Å². The molecule has 2 rings (SSSR count). The summed E-state index contributed by atoms with van der Waals surface area (Å²) >= 11 is 1.43. The Morgan fingerprint density at radius 3 is 2.50 bits per heavy atom. The number of imide groups is 1. The molecule has 0 bridgehead atoms. The van der Waals surface area contributed by atoms with Gasteiger partial charge in [-0.05, 0) is 35.7 Å². The van der Waals surface area contributed by atoms with Crippen molar-refractivity contribution in [1.82, 2.24) is 5.32 Å². The molecule has 1 heterocycles. The molecule has 0 aliphatic heterocycles. The molecular formula is C16H16N2O5S. The first-order chi connectivity index (χ1) is 11.6. The fourth-order valence-electron chi connectivity index (χ4n) is 1.75. The van der Waals surface area contributed by atoms with E-state index in [1.54, 1.807) is 30.3 Å². The summed E-state index contributed by atoms with van der Waals surface area (Å²) < 4.78 is 9.82. The van der Waals surface area contributed by atoms with Crippen LogP contribution in [0.3, 0.4) is 0 Å². The lowest BCUT2D eigenvalue weighted by molar-refractivity contribution is -0.147. The molecule has 24 heavy (non-hydrogen) atoms. The van der Waals surface area contributed by atoms with Crippen molar-refractivity contribution in [3.8, 4) is 5.75 Å². The van der Waals surface area contributed by atoms with E-state index in [-0.39, 0.29) is 6.42 Å². The summed E-state index contributed by atoms with van der Waals surface area (Å²) in [5.41, 5.74) is 0.496. The maximum absolute atomic E-state index is 11.7. The molecule has 1 aromatic heterocycles. The van der Waals surface area contributed by atoms with Crippen LogP contribution in [-0.4, -0.2) is 31.6 Å². The number of carbonyl (C=O) groups excluding carboxylic acids is 3. The molecule has 0 aliphatic rings. The Labute approximate surface area is 142 Å². The SMILES string of the molecule is COc1ccc(NC(=O)NC(=O)COC(=O)Cc2cccs2)cc1. The van der Waals surface area contributed by atoms with Crippen molar-refractivity contribution in [2.75, 3.05) is 19.0 Å². The Morgan fingerprint density at radius 1 is 1.12 bits per heavy atom. The number of hydrogen-bond acceptors (Lipinski definition) is 6. The van der Waals surface area contributed by atoms with E-state index in [1.165, 1.54) is 18.4 Å². The Balaban J connectivity index is 1.70. The number of methoxy groups -OCH3 is 1. The summed E-state index contributed by atoms with van der Waals surface area (Å²) in [5, 5.41) is 6.41. The second kappa shape index (κ2) is 8.68. The number of hydrogen-bond donors (Lipinski definition) is 2. The van der Waals surface area contributed by atoms with Crippen molar-refractivity contribution in [3.05, 3.63) is 46.7 Å². The van der Waals surface area contributed by atoms with Crippen LogP contribution < -0.4 is 15.4 Å². The molecule has 0 unspecified atom stereocenters. The van der Waals surface area contributed by atoms with Crippen molar-refractivity contribution >= 4 is 34.9 Å². The fraction of sp³-hybridized carbons (Fsp3) is 0.188. The fourth-order valence-corrected chi connectivity index (χ4v) is 2.44. The van der Waals surface area contributed by atoms with E-state index >= 15 is 0 Å². The molecule has 2 aromatic rings. The number of benzene rings is 1. The first-order valence-electron chi connectivity index (χ1n) is 6.99. The van der Waals surface area contributed by atoms with E-state index in [0.29, 0.717) is 11.4 Å². The van der Waals surface area contributed by atoms with Crippen LogP contribution in [0.4, 0.5) is 10.5 Å². The molecule has 7 nitrogen and oxygen atoms in total. The maximum atomic E-state index is 11.7. The third kappa shape index (κ3) is 5.73. The highest BCUT2D eigenvalue weighted by Gasteiger charge is 2.12. The molecule has 0 atom stereocenters. The number of carbonyl (C=O) groups is 3. The van der Waals surface area contributed by atoms with Crippen LogP contribution in [-0.2, 0) is 20.7 Å². The molecule has 0 fully saturated rings. The lowest BCUT2D eigenvalue weighted by Crippen LogP contribution is -2.37. The van der Waals surface area contributed by atoms with Gasteiger partial charge < -0.3 is 14.8 Å². The number of ether oxygens (including phenoxy) is 2. The number of amides is 3. The quantitative estimate of drug-likeness (QED) is 0.781. The van der Waals surface area contributed by atoms with Gasteiger partial charge >= 0.3 is 12.0 Å². The molecule has 1 aromatic carbocycles. The first kappa shape index (κ1) is 17.5. The van der Waals surface area contributed by atoms with Gasteiger partial charge in [0.05, 0.1) is 13.5 Å². The van der Waals surface area contributed by atoms with Crippen LogP contribution in [0, 0.1) is 0 Å². The lowest BCUT2D eigenvalue weighted by Gasteiger charge is -2.08. The molecule has 126 valence electrons. The van der Waals surface area contributed by atoms with E-state index in [2.05, 4.69) is 10.6 Å².